The van der Waals surface area contributed by atoms with Gasteiger partial charge >= 0.3 is 18.0 Å². The highest BCUT2D eigenvalue weighted by Crippen LogP contribution is 2.36. The van der Waals surface area contributed by atoms with Crippen molar-refractivity contribution < 1.29 is 28.7 Å². The molecule has 0 bridgehead atoms. The van der Waals surface area contributed by atoms with Crippen molar-refractivity contribution in [2.75, 3.05) is 18.5 Å². The topological polar surface area (TPSA) is 123 Å². The average Bonchev–Trinajstić information content (AvgIpc) is 2.66. The van der Waals surface area contributed by atoms with Crippen LogP contribution in [0.3, 0.4) is 0 Å². The molecule has 3 amide bonds. The van der Waals surface area contributed by atoms with Crippen molar-refractivity contribution in [3.8, 4) is 0 Å². The minimum absolute atomic E-state index is 0.144. The molecule has 0 spiro atoms. The van der Waals surface area contributed by atoms with Gasteiger partial charge in [0.05, 0.1) is 41.3 Å². The van der Waals surface area contributed by atoms with Crippen molar-refractivity contribution in [2.45, 2.75) is 36.5 Å². The third kappa shape index (κ3) is 4.89. The lowest BCUT2D eigenvalue weighted by molar-refractivity contribution is -0.144. The summed E-state index contributed by atoms with van der Waals surface area (Å²) in [5.41, 5.74) is 1.07. The van der Waals surface area contributed by atoms with E-state index in [2.05, 4.69) is 16.0 Å². The van der Waals surface area contributed by atoms with E-state index in [0.717, 1.165) is 4.90 Å². The van der Waals surface area contributed by atoms with Gasteiger partial charge in [-0.25, -0.2) is 9.59 Å². The molecule has 3 N–H and O–H groups in total. The van der Waals surface area contributed by atoms with E-state index < -0.39 is 29.3 Å². The lowest BCUT2D eigenvalue weighted by Gasteiger charge is -2.26. The monoisotopic (exact) mass is 419 g/mol. The summed E-state index contributed by atoms with van der Waals surface area (Å²) in [6, 6.07) is 6.22. The SMILES string of the molecule is CCOC(=O)C1=C(COC(=O)C[C@H]2Sc3ccccc3NC2=O)NC(=O)N[C@H]1C. The van der Waals surface area contributed by atoms with Crippen LogP contribution in [0, 0.1) is 0 Å². The van der Waals surface area contributed by atoms with E-state index in [-0.39, 0.29) is 36.8 Å². The molecule has 2 aliphatic rings. The third-order valence-corrected chi connectivity index (χ3v) is 5.58. The molecule has 0 saturated heterocycles. The molecule has 0 radical (unpaired) electrons. The highest BCUT2D eigenvalue weighted by molar-refractivity contribution is 8.01. The van der Waals surface area contributed by atoms with Crippen LogP contribution in [0.5, 0.6) is 0 Å². The number of fused-ring (bicyclic) bond motifs is 1. The van der Waals surface area contributed by atoms with E-state index in [1.165, 1.54) is 11.8 Å². The molecule has 0 saturated carbocycles. The van der Waals surface area contributed by atoms with Crippen LogP contribution < -0.4 is 16.0 Å². The minimum atomic E-state index is -0.627. The van der Waals surface area contributed by atoms with Crippen LogP contribution in [-0.4, -0.2) is 48.4 Å². The van der Waals surface area contributed by atoms with Crippen molar-refractivity contribution in [2.24, 2.45) is 0 Å². The van der Waals surface area contributed by atoms with Crippen molar-refractivity contribution in [3.05, 3.63) is 35.5 Å². The molecule has 2 atom stereocenters. The molecule has 0 aliphatic carbocycles. The third-order valence-electron chi connectivity index (χ3n) is 4.30. The number of carbonyl (C=O) groups excluding carboxylic acids is 4. The van der Waals surface area contributed by atoms with Crippen molar-refractivity contribution >= 4 is 41.3 Å². The van der Waals surface area contributed by atoms with Gasteiger partial charge in [0.25, 0.3) is 0 Å². The Morgan fingerprint density at radius 2 is 1.90 bits per heavy atom. The molecule has 2 heterocycles. The van der Waals surface area contributed by atoms with Gasteiger partial charge < -0.3 is 25.4 Å². The molecule has 3 rings (SSSR count). The lowest BCUT2D eigenvalue weighted by atomic mass is 10.0. The molecule has 29 heavy (non-hydrogen) atoms. The number of benzene rings is 1. The summed E-state index contributed by atoms with van der Waals surface area (Å²) in [5.74, 6) is -1.49. The standard InChI is InChI=1S/C19H21N3O6S/c1-3-27-18(25)16-10(2)20-19(26)22-12(16)9-28-15(23)8-14-17(24)21-11-6-4-5-7-13(11)29-14/h4-7,10,14H,3,8-9H2,1-2H3,(H,21,24)(H2,20,22,26)/t10-,14+/m0/s1. The summed E-state index contributed by atoms with van der Waals surface area (Å²) in [4.78, 5) is 49.3. The summed E-state index contributed by atoms with van der Waals surface area (Å²) < 4.78 is 10.2. The Kier molecular flexibility index (Phi) is 6.42. The Morgan fingerprint density at radius 1 is 1.14 bits per heavy atom. The van der Waals surface area contributed by atoms with Gasteiger partial charge in [-0.2, -0.15) is 0 Å². The number of urea groups is 1. The van der Waals surface area contributed by atoms with Crippen LogP contribution in [0.15, 0.2) is 40.4 Å². The first-order chi connectivity index (χ1) is 13.9. The van der Waals surface area contributed by atoms with Gasteiger partial charge in [0.2, 0.25) is 5.91 Å². The summed E-state index contributed by atoms with van der Waals surface area (Å²) in [6.45, 7) is 3.17. The smallest absolute Gasteiger partial charge is 0.338 e. The van der Waals surface area contributed by atoms with E-state index in [4.69, 9.17) is 9.47 Å². The first-order valence-electron chi connectivity index (χ1n) is 9.09. The zero-order chi connectivity index (χ0) is 21.0. The van der Waals surface area contributed by atoms with Gasteiger partial charge in [0.15, 0.2) is 0 Å². The largest absolute Gasteiger partial charge is 0.463 e. The number of hydrogen-bond donors (Lipinski definition) is 3. The van der Waals surface area contributed by atoms with Crippen LogP contribution in [0.1, 0.15) is 20.3 Å². The van der Waals surface area contributed by atoms with Gasteiger partial charge in [-0.05, 0) is 26.0 Å². The van der Waals surface area contributed by atoms with Crippen molar-refractivity contribution in [3.63, 3.8) is 0 Å². The number of nitrogens with one attached hydrogen (secondary N) is 3. The summed E-state index contributed by atoms with van der Waals surface area (Å²) >= 11 is 1.29. The second-order valence-corrected chi connectivity index (χ2v) is 7.63. The second kappa shape index (κ2) is 8.99. The van der Waals surface area contributed by atoms with Gasteiger partial charge in [-0.3, -0.25) is 9.59 Å². The van der Waals surface area contributed by atoms with Crippen molar-refractivity contribution in [1.29, 1.82) is 0 Å². The Labute approximate surface area is 171 Å². The van der Waals surface area contributed by atoms with Gasteiger partial charge in [0, 0.05) is 4.90 Å². The zero-order valence-corrected chi connectivity index (χ0v) is 16.8. The highest BCUT2D eigenvalue weighted by Gasteiger charge is 2.32. The molecule has 10 heteroatoms. The zero-order valence-electron chi connectivity index (χ0n) is 15.9. The Morgan fingerprint density at radius 3 is 2.66 bits per heavy atom. The normalized spacial score (nSPS) is 20.8. The van der Waals surface area contributed by atoms with Gasteiger partial charge in [0.1, 0.15) is 6.61 Å². The fourth-order valence-electron chi connectivity index (χ4n) is 2.98. The molecule has 154 valence electrons. The minimum Gasteiger partial charge on any atom is -0.463 e. The maximum absolute atomic E-state index is 12.3. The quantitative estimate of drug-likeness (QED) is 0.598. The first-order valence-corrected chi connectivity index (χ1v) is 9.96. The van der Waals surface area contributed by atoms with E-state index in [1.54, 1.807) is 19.9 Å². The van der Waals surface area contributed by atoms with E-state index in [0.29, 0.717) is 5.69 Å². The molecular weight excluding hydrogens is 398 g/mol. The molecule has 1 aromatic carbocycles. The first kappa shape index (κ1) is 20.7. The average molecular weight is 419 g/mol. The molecule has 0 unspecified atom stereocenters. The Hall–Kier alpha value is -3.01. The summed E-state index contributed by atoms with van der Waals surface area (Å²) in [5, 5.41) is 7.18. The Balaban J connectivity index is 1.64. The van der Waals surface area contributed by atoms with Crippen LogP contribution in [0.25, 0.3) is 0 Å². The van der Waals surface area contributed by atoms with Crippen LogP contribution >= 0.6 is 11.8 Å². The van der Waals surface area contributed by atoms with Crippen LogP contribution in [-0.2, 0) is 23.9 Å². The number of rotatable bonds is 6. The van der Waals surface area contributed by atoms with E-state index in [1.807, 2.05) is 18.2 Å². The fourth-order valence-corrected chi connectivity index (χ4v) is 4.08. The van der Waals surface area contributed by atoms with E-state index >= 15 is 0 Å². The predicted molar refractivity (Wildman–Crippen MR) is 105 cm³/mol. The van der Waals surface area contributed by atoms with Crippen LogP contribution in [0.4, 0.5) is 10.5 Å². The van der Waals surface area contributed by atoms with Gasteiger partial charge in [-0.15, -0.1) is 11.8 Å². The molecular formula is C19H21N3O6S. The molecule has 9 nitrogen and oxygen atoms in total. The van der Waals surface area contributed by atoms with E-state index in [9.17, 15) is 19.2 Å². The molecule has 0 aromatic heterocycles. The predicted octanol–water partition coefficient (Wildman–Crippen LogP) is 1.55. The molecule has 0 fully saturated rings. The summed E-state index contributed by atoms with van der Waals surface area (Å²) in [6.07, 6.45) is -0.144. The summed E-state index contributed by atoms with van der Waals surface area (Å²) in [7, 11) is 0. The maximum atomic E-state index is 12.3. The number of carbonyl (C=O) groups is 4. The van der Waals surface area contributed by atoms with Crippen LogP contribution in [0.2, 0.25) is 0 Å². The number of amides is 3. The number of esters is 2. The molecule has 2 aliphatic heterocycles. The Bertz CT molecular complexity index is 884. The number of thioether (sulfide) groups is 1. The molecule has 1 aromatic rings. The van der Waals surface area contributed by atoms with Gasteiger partial charge in [-0.1, -0.05) is 12.1 Å². The fraction of sp³-hybridized carbons (Fsp3) is 0.368. The number of ether oxygens (including phenoxy) is 2. The second-order valence-electron chi connectivity index (χ2n) is 6.39. The maximum Gasteiger partial charge on any atom is 0.338 e. The number of hydrogen-bond acceptors (Lipinski definition) is 7. The highest BCUT2D eigenvalue weighted by atomic mass is 32.2. The lowest BCUT2D eigenvalue weighted by Crippen LogP contribution is -2.50. The van der Waals surface area contributed by atoms with Crippen molar-refractivity contribution in [1.82, 2.24) is 10.6 Å². The number of para-hydroxylation sites is 1. The number of anilines is 1.